The average molecular weight is 471 g/mol. The van der Waals surface area contributed by atoms with Crippen molar-refractivity contribution in [1.82, 2.24) is 14.9 Å². The van der Waals surface area contributed by atoms with E-state index in [1.54, 1.807) is 18.3 Å². The van der Waals surface area contributed by atoms with Gasteiger partial charge >= 0.3 is 0 Å². The second kappa shape index (κ2) is 10.6. The predicted molar refractivity (Wildman–Crippen MR) is 121 cm³/mol. The number of aromatic nitrogens is 2. The Bertz CT molecular complexity index is 1070. The quantitative estimate of drug-likeness (QED) is 0.592. The molecule has 2 fully saturated rings. The molecular formula is C23H26FN5O5. The van der Waals surface area contributed by atoms with Crippen molar-refractivity contribution in [1.29, 1.82) is 0 Å². The van der Waals surface area contributed by atoms with Gasteiger partial charge in [0.1, 0.15) is 18.5 Å². The summed E-state index contributed by atoms with van der Waals surface area (Å²) >= 11 is 0. The number of ether oxygens (including phenoxy) is 2. The number of H-pyrrole nitrogens is 1. The van der Waals surface area contributed by atoms with Gasteiger partial charge in [-0.15, -0.1) is 0 Å². The van der Waals surface area contributed by atoms with Gasteiger partial charge in [-0.2, -0.15) is 0 Å². The maximum absolute atomic E-state index is 14.8. The molecular weight excluding hydrogens is 445 g/mol. The summed E-state index contributed by atoms with van der Waals surface area (Å²) in [5, 5.41) is 2.58. The number of morpholine rings is 1. The largest absolute Gasteiger partial charge is 0.377 e. The summed E-state index contributed by atoms with van der Waals surface area (Å²) < 4.78 is 25.5. The SMILES string of the molecule is CCO[C@@H]1C[C@H](C(=O)Nc2ccc(N3CCOCC3=O)cc2F)N(C(=O)C=Cc2c[nH]cn2)C1. The van der Waals surface area contributed by atoms with Crippen molar-refractivity contribution in [3.8, 4) is 0 Å². The lowest BCUT2D eigenvalue weighted by Gasteiger charge is -2.27. The normalized spacial score (nSPS) is 20.8. The van der Waals surface area contributed by atoms with Gasteiger partial charge in [-0.25, -0.2) is 9.37 Å². The lowest BCUT2D eigenvalue weighted by atomic mass is 10.1. The molecule has 2 atom stereocenters. The molecule has 2 aliphatic heterocycles. The predicted octanol–water partition coefficient (Wildman–Crippen LogP) is 1.57. The number of imidazole rings is 1. The van der Waals surface area contributed by atoms with Gasteiger partial charge in [0.2, 0.25) is 11.8 Å². The molecule has 1 aromatic heterocycles. The van der Waals surface area contributed by atoms with Crippen LogP contribution < -0.4 is 10.2 Å². The van der Waals surface area contributed by atoms with E-state index < -0.39 is 17.8 Å². The highest BCUT2D eigenvalue weighted by molar-refractivity contribution is 6.01. The Morgan fingerprint density at radius 3 is 2.97 bits per heavy atom. The fourth-order valence-corrected chi connectivity index (χ4v) is 4.04. The number of carbonyl (C=O) groups is 3. The number of nitrogens with one attached hydrogen (secondary N) is 2. The molecule has 3 heterocycles. The number of carbonyl (C=O) groups excluding carboxylic acids is 3. The van der Waals surface area contributed by atoms with Crippen LogP contribution in [0.3, 0.4) is 0 Å². The monoisotopic (exact) mass is 471 g/mol. The first-order valence-electron chi connectivity index (χ1n) is 11.0. The zero-order chi connectivity index (χ0) is 24.1. The molecule has 34 heavy (non-hydrogen) atoms. The molecule has 2 saturated heterocycles. The van der Waals surface area contributed by atoms with E-state index in [2.05, 4.69) is 15.3 Å². The Hall–Kier alpha value is -3.57. The minimum Gasteiger partial charge on any atom is -0.377 e. The van der Waals surface area contributed by atoms with E-state index >= 15 is 0 Å². The van der Waals surface area contributed by atoms with Crippen molar-refractivity contribution < 1.29 is 28.2 Å². The first-order valence-corrected chi connectivity index (χ1v) is 11.0. The van der Waals surface area contributed by atoms with Crippen LogP contribution in [-0.4, -0.2) is 77.6 Å². The van der Waals surface area contributed by atoms with E-state index in [9.17, 15) is 18.8 Å². The number of benzene rings is 1. The van der Waals surface area contributed by atoms with Crippen LogP contribution in [0, 0.1) is 5.82 Å². The number of aromatic amines is 1. The van der Waals surface area contributed by atoms with E-state index in [0.717, 1.165) is 0 Å². The fourth-order valence-electron chi connectivity index (χ4n) is 4.04. The highest BCUT2D eigenvalue weighted by atomic mass is 19.1. The van der Waals surface area contributed by atoms with Crippen LogP contribution in [0.5, 0.6) is 0 Å². The Morgan fingerprint density at radius 2 is 2.26 bits per heavy atom. The second-order valence-corrected chi connectivity index (χ2v) is 7.90. The Morgan fingerprint density at radius 1 is 1.41 bits per heavy atom. The summed E-state index contributed by atoms with van der Waals surface area (Å²) in [5.74, 6) is -1.82. The molecule has 2 aliphatic rings. The van der Waals surface area contributed by atoms with Crippen LogP contribution in [-0.2, 0) is 23.9 Å². The first kappa shape index (κ1) is 23.6. The zero-order valence-electron chi connectivity index (χ0n) is 18.7. The van der Waals surface area contributed by atoms with Gasteiger partial charge in [0.15, 0.2) is 0 Å². The van der Waals surface area contributed by atoms with Gasteiger partial charge in [0, 0.05) is 44.1 Å². The number of hydrogen-bond donors (Lipinski definition) is 2. The number of amides is 3. The Balaban J connectivity index is 1.47. The van der Waals surface area contributed by atoms with Crippen LogP contribution in [0.2, 0.25) is 0 Å². The maximum Gasteiger partial charge on any atom is 0.253 e. The topological polar surface area (TPSA) is 117 Å². The number of hydrogen-bond acceptors (Lipinski definition) is 6. The summed E-state index contributed by atoms with van der Waals surface area (Å²) in [4.78, 5) is 47.6. The summed E-state index contributed by atoms with van der Waals surface area (Å²) in [5.41, 5.74) is 0.936. The van der Waals surface area contributed by atoms with Crippen LogP contribution in [0.25, 0.3) is 6.08 Å². The van der Waals surface area contributed by atoms with Gasteiger partial charge < -0.3 is 29.6 Å². The smallest absolute Gasteiger partial charge is 0.253 e. The molecule has 3 amide bonds. The Labute approximate surface area is 195 Å². The first-order chi connectivity index (χ1) is 16.5. The molecule has 2 aromatic rings. The molecule has 0 unspecified atom stereocenters. The molecule has 0 saturated carbocycles. The molecule has 11 heteroatoms. The minimum absolute atomic E-state index is 0.0335. The van der Waals surface area contributed by atoms with Gasteiger partial charge in [0.25, 0.3) is 5.91 Å². The lowest BCUT2D eigenvalue weighted by molar-refractivity contribution is -0.132. The zero-order valence-corrected chi connectivity index (χ0v) is 18.7. The molecule has 0 aliphatic carbocycles. The van der Waals surface area contributed by atoms with Crippen molar-refractivity contribution in [3.05, 3.63) is 48.3 Å². The number of likely N-dealkylation sites (tertiary alicyclic amines) is 1. The second-order valence-electron chi connectivity index (χ2n) is 7.90. The van der Waals surface area contributed by atoms with Crippen molar-refractivity contribution in [2.45, 2.75) is 25.5 Å². The van der Waals surface area contributed by atoms with Crippen LogP contribution in [0.1, 0.15) is 19.0 Å². The lowest BCUT2D eigenvalue weighted by Crippen LogP contribution is -2.42. The molecule has 2 N–H and O–H groups in total. The third-order valence-electron chi connectivity index (χ3n) is 5.67. The summed E-state index contributed by atoms with van der Waals surface area (Å²) in [7, 11) is 0. The van der Waals surface area contributed by atoms with E-state index in [1.165, 1.54) is 34.3 Å². The highest BCUT2D eigenvalue weighted by Gasteiger charge is 2.39. The average Bonchev–Trinajstić information content (AvgIpc) is 3.50. The van der Waals surface area contributed by atoms with Crippen LogP contribution in [0.4, 0.5) is 15.8 Å². The molecule has 10 nitrogen and oxygen atoms in total. The summed E-state index contributed by atoms with van der Waals surface area (Å²) in [6.07, 6.45) is 6.02. The molecule has 180 valence electrons. The van der Waals surface area contributed by atoms with Crippen molar-refractivity contribution in [3.63, 3.8) is 0 Å². The van der Waals surface area contributed by atoms with E-state index in [-0.39, 0.29) is 36.8 Å². The molecule has 0 radical (unpaired) electrons. The van der Waals surface area contributed by atoms with Crippen LogP contribution >= 0.6 is 0 Å². The highest BCUT2D eigenvalue weighted by Crippen LogP contribution is 2.26. The Kier molecular flexibility index (Phi) is 7.33. The van der Waals surface area contributed by atoms with Gasteiger partial charge in [-0.3, -0.25) is 14.4 Å². The van der Waals surface area contributed by atoms with Crippen LogP contribution in [0.15, 0.2) is 36.8 Å². The molecule has 0 bridgehead atoms. The number of nitrogens with zero attached hydrogens (tertiary/aromatic N) is 3. The fraction of sp³-hybridized carbons (Fsp3) is 0.391. The van der Waals surface area contributed by atoms with Gasteiger partial charge in [-0.05, 0) is 31.2 Å². The van der Waals surface area contributed by atoms with E-state index in [0.29, 0.717) is 37.6 Å². The third-order valence-corrected chi connectivity index (χ3v) is 5.67. The maximum atomic E-state index is 14.8. The van der Waals surface area contributed by atoms with Gasteiger partial charge in [0.05, 0.1) is 30.4 Å². The number of anilines is 2. The third kappa shape index (κ3) is 5.32. The molecule has 0 spiro atoms. The standard InChI is InChI=1S/C23H26FN5O5/c1-2-34-17-10-20(29(12-17)21(30)6-3-15-11-25-14-26-15)23(32)27-19-5-4-16(9-18(19)24)28-7-8-33-13-22(28)31/h3-6,9,11,14,17,20H,2,7-8,10,12-13H2,1H3,(H,25,26)(H,27,32)/t17-,20-/m1/s1. The van der Waals surface area contributed by atoms with Gasteiger partial charge in [-0.1, -0.05) is 0 Å². The van der Waals surface area contributed by atoms with E-state index in [1.807, 2.05) is 6.92 Å². The number of halogens is 1. The van der Waals surface area contributed by atoms with E-state index in [4.69, 9.17) is 9.47 Å². The minimum atomic E-state index is -0.826. The van der Waals surface area contributed by atoms with Crippen molar-refractivity contribution >= 4 is 35.2 Å². The summed E-state index contributed by atoms with van der Waals surface area (Å²) in [6.45, 7) is 3.17. The van der Waals surface area contributed by atoms with Crippen molar-refractivity contribution in [2.24, 2.45) is 0 Å². The summed E-state index contributed by atoms with van der Waals surface area (Å²) in [6, 6.07) is 3.35. The van der Waals surface area contributed by atoms with Crippen molar-refractivity contribution in [2.75, 3.05) is 43.1 Å². The number of rotatable bonds is 7. The molecule has 1 aromatic carbocycles. The molecule has 4 rings (SSSR count).